The highest BCUT2D eigenvalue weighted by Crippen LogP contribution is 2.23. The number of aromatic nitrogens is 1. The van der Waals surface area contributed by atoms with Crippen molar-refractivity contribution in [2.45, 2.75) is 53.6 Å². The molecule has 1 unspecified atom stereocenters. The smallest absolute Gasteiger partial charge is 0.355 e. The molecule has 1 atom stereocenters. The summed E-state index contributed by atoms with van der Waals surface area (Å²) in [5.74, 6) is -0.923. The summed E-state index contributed by atoms with van der Waals surface area (Å²) in [6.45, 7) is 10.7. The topological polar surface area (TPSA) is 92.6 Å². The third kappa shape index (κ3) is 3.97. The van der Waals surface area contributed by atoms with Crippen molar-refractivity contribution in [3.8, 4) is 0 Å². The number of esters is 1. The molecule has 0 aliphatic heterocycles. The first-order valence-electron chi connectivity index (χ1n) is 8.97. The Bertz CT molecular complexity index is 833. The first kappa shape index (κ1) is 20.5. The molecule has 2 aromatic rings. The number of hydrogen-bond donors (Lipinski definition) is 1. The zero-order chi connectivity index (χ0) is 20.3. The number of ketones is 1. The van der Waals surface area contributed by atoms with E-state index < -0.39 is 12.0 Å². The third-order valence-corrected chi connectivity index (χ3v) is 4.48. The van der Waals surface area contributed by atoms with Gasteiger partial charge in [0.2, 0.25) is 0 Å². The molecule has 0 saturated carbocycles. The van der Waals surface area contributed by atoms with Gasteiger partial charge in [0.15, 0.2) is 11.5 Å². The lowest BCUT2D eigenvalue weighted by atomic mass is 9.99. The molecule has 7 nitrogen and oxygen atoms in total. The summed E-state index contributed by atoms with van der Waals surface area (Å²) in [7, 11) is 0. The minimum atomic E-state index is -0.731. The van der Waals surface area contributed by atoms with Gasteiger partial charge >= 0.3 is 5.97 Å². The Morgan fingerprint density at radius 1 is 1.22 bits per heavy atom. The van der Waals surface area contributed by atoms with Crippen molar-refractivity contribution in [3.63, 3.8) is 0 Å². The van der Waals surface area contributed by atoms with Crippen LogP contribution in [0.4, 0.5) is 0 Å². The molecule has 1 amide bonds. The average molecular weight is 374 g/mol. The second-order valence-electron chi connectivity index (χ2n) is 6.67. The Hall–Kier alpha value is -2.83. The number of ether oxygens (including phenoxy) is 1. The van der Waals surface area contributed by atoms with Gasteiger partial charge in [-0.15, -0.1) is 0 Å². The summed E-state index contributed by atoms with van der Waals surface area (Å²) in [4.78, 5) is 42.5. The lowest BCUT2D eigenvalue weighted by Gasteiger charge is -2.31. The van der Waals surface area contributed by atoms with Gasteiger partial charge in [0, 0.05) is 17.3 Å². The van der Waals surface area contributed by atoms with Gasteiger partial charge in [-0.25, -0.2) is 4.79 Å². The molecule has 1 N–H and O–H groups in total. The Kier molecular flexibility index (Phi) is 6.25. The van der Waals surface area contributed by atoms with E-state index in [1.54, 1.807) is 39.8 Å². The predicted molar refractivity (Wildman–Crippen MR) is 100 cm³/mol. The highest BCUT2D eigenvalue weighted by molar-refractivity contribution is 6.07. The Labute approximate surface area is 158 Å². The van der Waals surface area contributed by atoms with Crippen LogP contribution in [0.2, 0.25) is 0 Å². The second kappa shape index (κ2) is 8.24. The number of nitrogens with zero attached hydrogens (tertiary/aromatic N) is 1. The maximum atomic E-state index is 13.2. The Morgan fingerprint density at radius 2 is 1.89 bits per heavy atom. The van der Waals surface area contributed by atoms with Crippen LogP contribution in [0.3, 0.4) is 0 Å². The lowest BCUT2D eigenvalue weighted by Crippen LogP contribution is -2.47. The maximum absolute atomic E-state index is 13.2. The molecular formula is C20H26N2O5. The van der Waals surface area contributed by atoms with Crippen LogP contribution >= 0.6 is 0 Å². The van der Waals surface area contributed by atoms with E-state index in [0.29, 0.717) is 16.8 Å². The molecule has 0 aliphatic carbocycles. The van der Waals surface area contributed by atoms with Gasteiger partial charge in [0.25, 0.3) is 5.91 Å². The zero-order valence-electron chi connectivity index (χ0n) is 16.6. The molecule has 2 heterocycles. The summed E-state index contributed by atoms with van der Waals surface area (Å²) in [5.41, 5.74) is 1.76. The number of H-pyrrole nitrogens is 1. The van der Waals surface area contributed by atoms with Crippen LogP contribution in [0.15, 0.2) is 22.8 Å². The molecule has 0 fully saturated rings. The van der Waals surface area contributed by atoms with Crippen molar-refractivity contribution in [1.29, 1.82) is 0 Å². The molecular weight excluding hydrogens is 348 g/mol. The van der Waals surface area contributed by atoms with Gasteiger partial charge in [-0.3, -0.25) is 9.59 Å². The number of Topliss-reactive ketones (excluding diaryl/α,β-unsaturated/α-hetero) is 1. The number of hydrogen-bond acceptors (Lipinski definition) is 5. The molecule has 0 bridgehead atoms. The summed E-state index contributed by atoms with van der Waals surface area (Å²) in [6, 6.07) is 2.25. The number of aromatic amines is 1. The van der Waals surface area contributed by atoms with Gasteiger partial charge in [0.05, 0.1) is 18.9 Å². The van der Waals surface area contributed by atoms with E-state index in [2.05, 4.69) is 4.98 Å². The van der Waals surface area contributed by atoms with Gasteiger partial charge in [-0.1, -0.05) is 0 Å². The normalized spacial score (nSPS) is 12.1. The molecule has 146 valence electrons. The van der Waals surface area contributed by atoms with Crippen molar-refractivity contribution in [1.82, 2.24) is 9.88 Å². The first-order valence-corrected chi connectivity index (χ1v) is 8.97. The molecule has 0 spiro atoms. The number of rotatable bonds is 7. The van der Waals surface area contributed by atoms with E-state index in [-0.39, 0.29) is 35.8 Å². The van der Waals surface area contributed by atoms with Gasteiger partial charge < -0.3 is 19.0 Å². The second-order valence-corrected chi connectivity index (χ2v) is 6.67. The first-order chi connectivity index (χ1) is 12.7. The van der Waals surface area contributed by atoms with E-state index in [1.807, 2.05) is 13.8 Å². The fourth-order valence-corrected chi connectivity index (χ4v) is 3.25. The highest BCUT2D eigenvalue weighted by Gasteiger charge is 2.33. The van der Waals surface area contributed by atoms with Gasteiger partial charge in [0.1, 0.15) is 5.69 Å². The number of carbonyl (C=O) groups is 3. The molecule has 2 aromatic heterocycles. The van der Waals surface area contributed by atoms with Crippen molar-refractivity contribution >= 4 is 17.7 Å². The number of furan rings is 1. The van der Waals surface area contributed by atoms with Crippen molar-refractivity contribution in [2.75, 3.05) is 6.61 Å². The van der Waals surface area contributed by atoms with E-state index in [1.165, 1.54) is 11.2 Å². The van der Waals surface area contributed by atoms with Crippen LogP contribution in [0.25, 0.3) is 0 Å². The molecule has 0 saturated heterocycles. The van der Waals surface area contributed by atoms with Crippen LogP contribution in [-0.2, 0) is 4.74 Å². The number of amides is 1. The molecule has 7 heteroatoms. The van der Waals surface area contributed by atoms with E-state index >= 15 is 0 Å². The fraction of sp³-hybridized carbons (Fsp3) is 0.450. The molecule has 27 heavy (non-hydrogen) atoms. The van der Waals surface area contributed by atoms with Crippen molar-refractivity contribution in [3.05, 3.63) is 46.7 Å². The minimum absolute atomic E-state index is 0.179. The van der Waals surface area contributed by atoms with E-state index in [9.17, 15) is 14.4 Å². The van der Waals surface area contributed by atoms with Crippen molar-refractivity contribution < 1.29 is 23.5 Å². The standard InChI is InChI=1S/C20H26N2O5/c1-7-26-20(25)17-12(4)16(13(5)21-17)18(23)14(6)22(11(2)3)19(24)15-9-8-10-27-15/h8-11,14,21H,7H2,1-6H3. The number of nitrogens with one attached hydrogen (secondary N) is 1. The summed E-state index contributed by atoms with van der Waals surface area (Å²) in [5, 5.41) is 0. The van der Waals surface area contributed by atoms with Crippen LogP contribution in [0.5, 0.6) is 0 Å². The van der Waals surface area contributed by atoms with Crippen LogP contribution in [-0.4, -0.2) is 46.2 Å². The monoisotopic (exact) mass is 374 g/mol. The van der Waals surface area contributed by atoms with Crippen molar-refractivity contribution in [2.24, 2.45) is 0 Å². The van der Waals surface area contributed by atoms with Crippen LogP contribution < -0.4 is 0 Å². The molecule has 0 aromatic carbocycles. The minimum Gasteiger partial charge on any atom is -0.461 e. The van der Waals surface area contributed by atoms with Gasteiger partial charge in [-0.2, -0.15) is 0 Å². The largest absolute Gasteiger partial charge is 0.461 e. The Balaban J connectivity index is 2.38. The third-order valence-electron chi connectivity index (χ3n) is 4.48. The molecule has 0 aliphatic rings. The quantitative estimate of drug-likeness (QED) is 0.591. The fourth-order valence-electron chi connectivity index (χ4n) is 3.25. The van der Waals surface area contributed by atoms with E-state index in [0.717, 1.165) is 0 Å². The van der Waals surface area contributed by atoms with E-state index in [4.69, 9.17) is 9.15 Å². The predicted octanol–water partition coefficient (Wildman–Crippen LogP) is 3.52. The molecule has 2 rings (SSSR count). The highest BCUT2D eigenvalue weighted by atomic mass is 16.5. The van der Waals surface area contributed by atoms with Crippen LogP contribution in [0.1, 0.15) is 70.4 Å². The maximum Gasteiger partial charge on any atom is 0.355 e. The number of aryl methyl sites for hydroxylation is 1. The van der Waals surface area contributed by atoms with Gasteiger partial charge in [-0.05, 0) is 59.2 Å². The lowest BCUT2D eigenvalue weighted by molar-refractivity contribution is 0.0517. The Morgan fingerprint density at radius 3 is 2.41 bits per heavy atom. The summed E-state index contributed by atoms with van der Waals surface area (Å²) >= 11 is 0. The number of carbonyl (C=O) groups excluding carboxylic acids is 3. The van der Waals surface area contributed by atoms with Crippen LogP contribution in [0, 0.1) is 13.8 Å². The summed E-state index contributed by atoms with van der Waals surface area (Å²) < 4.78 is 10.2. The SMILES string of the molecule is CCOC(=O)c1[nH]c(C)c(C(=O)C(C)N(C(=O)c2ccco2)C(C)C)c1C. The summed E-state index contributed by atoms with van der Waals surface area (Å²) in [6.07, 6.45) is 1.42. The zero-order valence-corrected chi connectivity index (χ0v) is 16.6. The average Bonchev–Trinajstić information content (AvgIpc) is 3.22. The molecule has 0 radical (unpaired) electrons.